The van der Waals surface area contributed by atoms with Crippen molar-refractivity contribution in [3.63, 3.8) is 0 Å². The second-order valence-electron chi connectivity index (χ2n) is 8.38. The highest BCUT2D eigenvalue weighted by Crippen LogP contribution is 2.22. The van der Waals surface area contributed by atoms with E-state index in [1.165, 1.54) is 18.2 Å². The van der Waals surface area contributed by atoms with E-state index in [-0.39, 0.29) is 30.9 Å². The molecule has 1 fully saturated rings. The Morgan fingerprint density at radius 1 is 0.865 bits per heavy atom. The van der Waals surface area contributed by atoms with Crippen LogP contribution in [-0.2, 0) is 17.9 Å². The molecule has 1 unspecified atom stereocenters. The smallest absolute Gasteiger partial charge is 0.323 e. The first-order chi connectivity index (χ1) is 17.8. The van der Waals surface area contributed by atoms with Crippen molar-refractivity contribution in [2.75, 3.05) is 18.4 Å². The largest absolute Gasteiger partial charge is 0.349 e. The minimum Gasteiger partial charge on any atom is -0.349 e. The molecule has 0 bridgehead atoms. The van der Waals surface area contributed by atoms with Gasteiger partial charge in [0.2, 0.25) is 0 Å². The van der Waals surface area contributed by atoms with Crippen LogP contribution in [0.5, 0.6) is 0 Å². The van der Waals surface area contributed by atoms with Crippen LogP contribution in [-0.4, -0.2) is 46.9 Å². The summed E-state index contributed by atoms with van der Waals surface area (Å²) >= 11 is 0. The minimum absolute atomic E-state index is 0.0304. The number of nitrogens with one attached hydrogen (secondary N) is 2. The third-order valence-corrected chi connectivity index (χ3v) is 5.86. The Balaban J connectivity index is 1.58. The predicted molar refractivity (Wildman–Crippen MR) is 129 cm³/mol. The topological polar surface area (TPSA) is 108 Å². The van der Waals surface area contributed by atoms with Crippen LogP contribution in [0.15, 0.2) is 66.7 Å². The Kier molecular flexibility index (Phi) is 7.73. The average Bonchev–Trinajstić information content (AvgIpc) is 3.34. The van der Waals surface area contributed by atoms with E-state index in [2.05, 4.69) is 10.6 Å². The van der Waals surface area contributed by atoms with Gasteiger partial charge >= 0.3 is 6.03 Å². The van der Waals surface area contributed by atoms with Crippen molar-refractivity contribution < 1.29 is 27.6 Å². The van der Waals surface area contributed by atoms with E-state index in [1.54, 1.807) is 12.1 Å². The summed E-state index contributed by atoms with van der Waals surface area (Å²) in [6.45, 7) is 0.330. The molecule has 0 aromatic heterocycles. The van der Waals surface area contributed by atoms with E-state index in [9.17, 15) is 27.6 Å². The van der Waals surface area contributed by atoms with E-state index in [1.807, 2.05) is 12.1 Å². The Morgan fingerprint density at radius 2 is 1.59 bits per heavy atom. The molecule has 0 radical (unpaired) electrons. The molecule has 4 amide bonds. The van der Waals surface area contributed by atoms with Crippen molar-refractivity contribution in [1.82, 2.24) is 15.1 Å². The zero-order chi connectivity index (χ0) is 26.5. The summed E-state index contributed by atoms with van der Waals surface area (Å²) in [5, 5.41) is 5.24. The highest BCUT2D eigenvalue weighted by Gasteiger charge is 2.43. The van der Waals surface area contributed by atoms with Crippen LogP contribution in [0.1, 0.15) is 21.5 Å². The summed E-state index contributed by atoms with van der Waals surface area (Å²) in [4.78, 5) is 41.8. The normalized spacial score (nSPS) is 15.0. The van der Waals surface area contributed by atoms with E-state index in [0.29, 0.717) is 6.54 Å². The van der Waals surface area contributed by atoms with Gasteiger partial charge in [0, 0.05) is 37.4 Å². The molecule has 3 aromatic rings. The van der Waals surface area contributed by atoms with Crippen molar-refractivity contribution in [2.24, 2.45) is 5.73 Å². The Hall–Kier alpha value is -4.38. The average molecular weight is 512 g/mol. The molecule has 0 aliphatic carbocycles. The fourth-order valence-corrected chi connectivity index (χ4v) is 4.04. The van der Waals surface area contributed by atoms with Gasteiger partial charge in [-0.15, -0.1) is 0 Å². The van der Waals surface area contributed by atoms with Crippen LogP contribution in [0.2, 0.25) is 0 Å². The molecule has 8 nitrogen and oxygen atoms in total. The molecular weight excluding hydrogens is 487 g/mol. The van der Waals surface area contributed by atoms with Gasteiger partial charge in [-0.2, -0.15) is 0 Å². The molecule has 3 aromatic carbocycles. The number of hydrogen-bond acceptors (Lipinski definition) is 4. The summed E-state index contributed by atoms with van der Waals surface area (Å²) < 4.78 is 40.8. The number of urea groups is 1. The number of benzene rings is 3. The van der Waals surface area contributed by atoms with Gasteiger partial charge in [-0.3, -0.25) is 14.5 Å². The van der Waals surface area contributed by atoms with E-state index >= 15 is 0 Å². The van der Waals surface area contributed by atoms with Gasteiger partial charge < -0.3 is 21.3 Å². The zero-order valence-electron chi connectivity index (χ0n) is 19.6. The Morgan fingerprint density at radius 3 is 2.32 bits per heavy atom. The quantitative estimate of drug-likeness (QED) is 0.473. The van der Waals surface area contributed by atoms with Gasteiger partial charge in [-0.1, -0.05) is 30.3 Å². The van der Waals surface area contributed by atoms with Crippen molar-refractivity contribution in [3.05, 3.63) is 101 Å². The molecule has 1 aliphatic heterocycles. The monoisotopic (exact) mass is 511 g/mol. The fraction of sp³-hybridized carbons (Fsp3) is 0.192. The second kappa shape index (κ2) is 11.1. The van der Waals surface area contributed by atoms with Gasteiger partial charge in [-0.05, 0) is 47.5 Å². The maximum absolute atomic E-state index is 13.8. The van der Waals surface area contributed by atoms with Gasteiger partial charge in [0.25, 0.3) is 11.8 Å². The summed E-state index contributed by atoms with van der Waals surface area (Å²) in [7, 11) is 0. The third-order valence-electron chi connectivity index (χ3n) is 5.86. The number of nitrogens with two attached hydrogens (primary N) is 1. The van der Waals surface area contributed by atoms with Crippen LogP contribution in [0.3, 0.4) is 0 Å². The molecule has 37 heavy (non-hydrogen) atoms. The van der Waals surface area contributed by atoms with Gasteiger partial charge in [-0.25, -0.2) is 18.0 Å². The van der Waals surface area contributed by atoms with Crippen LogP contribution in [0.25, 0.3) is 0 Å². The highest BCUT2D eigenvalue weighted by atomic mass is 19.2. The number of carbonyl (C=O) groups is 3. The molecule has 0 saturated carbocycles. The van der Waals surface area contributed by atoms with E-state index in [4.69, 9.17) is 5.73 Å². The van der Waals surface area contributed by atoms with Crippen LogP contribution < -0.4 is 16.4 Å². The van der Waals surface area contributed by atoms with E-state index in [0.717, 1.165) is 45.2 Å². The number of nitrogens with zero attached hydrogens (tertiary/aromatic N) is 2. The summed E-state index contributed by atoms with van der Waals surface area (Å²) in [5.74, 6) is -4.33. The standard InChI is InChI=1S/C26H24F3N5O3/c27-19-5-2-6-20(13-19)32-26(37)34-10-9-33(25(36)18-7-8-21(28)22(29)12-18)24(34)23(35)31-15-17-4-1-3-16(11-17)14-30/h1-8,11-13,24H,9-10,14-15,30H2,(H,31,35)(H,32,37). The van der Waals surface area contributed by atoms with Crippen LogP contribution >= 0.6 is 0 Å². The Labute approximate surface area is 210 Å². The number of halogens is 3. The molecule has 192 valence electrons. The summed E-state index contributed by atoms with van der Waals surface area (Å²) in [5.41, 5.74) is 7.26. The molecular formula is C26H24F3N5O3. The maximum Gasteiger partial charge on any atom is 0.323 e. The summed E-state index contributed by atoms with van der Waals surface area (Å²) in [6.07, 6.45) is -1.40. The summed E-state index contributed by atoms with van der Waals surface area (Å²) in [6, 6.07) is 14.3. The molecule has 1 saturated heterocycles. The number of rotatable bonds is 6. The lowest BCUT2D eigenvalue weighted by Gasteiger charge is -2.29. The van der Waals surface area contributed by atoms with Crippen molar-refractivity contribution in [1.29, 1.82) is 0 Å². The number of carbonyl (C=O) groups excluding carboxylic acids is 3. The lowest BCUT2D eigenvalue weighted by Crippen LogP contribution is -2.54. The van der Waals surface area contributed by atoms with Crippen molar-refractivity contribution in [2.45, 2.75) is 19.3 Å². The van der Waals surface area contributed by atoms with Crippen molar-refractivity contribution >= 4 is 23.5 Å². The van der Waals surface area contributed by atoms with Crippen LogP contribution in [0, 0.1) is 17.5 Å². The Bertz CT molecular complexity index is 1340. The molecule has 11 heteroatoms. The third kappa shape index (κ3) is 5.89. The molecule has 1 aliphatic rings. The lowest BCUT2D eigenvalue weighted by molar-refractivity contribution is -0.128. The van der Waals surface area contributed by atoms with Gasteiger partial charge in [0.1, 0.15) is 5.82 Å². The second-order valence-corrected chi connectivity index (χ2v) is 8.38. The predicted octanol–water partition coefficient (Wildman–Crippen LogP) is 3.20. The first-order valence-electron chi connectivity index (χ1n) is 11.4. The fourth-order valence-electron chi connectivity index (χ4n) is 4.04. The highest BCUT2D eigenvalue weighted by molar-refractivity contribution is 6.00. The van der Waals surface area contributed by atoms with Gasteiger partial charge in [0.15, 0.2) is 17.8 Å². The molecule has 0 spiro atoms. The SMILES string of the molecule is NCc1cccc(CNC(=O)C2N(C(=O)Nc3cccc(F)c3)CCN2C(=O)c2ccc(F)c(F)c2)c1. The maximum atomic E-state index is 13.8. The molecule has 4 rings (SSSR count). The molecule has 1 atom stereocenters. The number of hydrogen-bond donors (Lipinski definition) is 3. The minimum atomic E-state index is -1.40. The first-order valence-corrected chi connectivity index (χ1v) is 11.4. The van der Waals surface area contributed by atoms with Gasteiger partial charge in [0.05, 0.1) is 0 Å². The number of anilines is 1. The molecule has 4 N–H and O–H groups in total. The van der Waals surface area contributed by atoms with E-state index < -0.39 is 41.5 Å². The van der Waals surface area contributed by atoms with Crippen molar-refractivity contribution in [3.8, 4) is 0 Å². The lowest BCUT2D eigenvalue weighted by atomic mass is 10.1. The molecule has 1 heterocycles. The van der Waals surface area contributed by atoms with Crippen LogP contribution in [0.4, 0.5) is 23.7 Å². The number of amides is 4. The zero-order valence-corrected chi connectivity index (χ0v) is 19.6. The first kappa shape index (κ1) is 25.7.